The van der Waals surface area contributed by atoms with Crippen LogP contribution in [0.2, 0.25) is 0 Å². The third-order valence-electron chi connectivity index (χ3n) is 0.946. The molecule has 0 saturated carbocycles. The summed E-state index contributed by atoms with van der Waals surface area (Å²) in [6.45, 7) is 0. The molecule has 52 valence electrons. The Morgan fingerprint density at radius 2 is 1.70 bits per heavy atom. The Morgan fingerprint density at radius 3 is 2.20 bits per heavy atom. The summed E-state index contributed by atoms with van der Waals surface area (Å²) in [5.41, 5.74) is 1.08. The van der Waals surface area contributed by atoms with Crippen molar-refractivity contribution >= 4 is 15.8 Å². The summed E-state index contributed by atoms with van der Waals surface area (Å²) in [5, 5.41) is 0. The first-order valence-electron chi connectivity index (χ1n) is 2.68. The van der Waals surface area contributed by atoms with Crippen molar-refractivity contribution in [3.8, 4) is 0 Å². The molecule has 0 aliphatic heterocycles. The zero-order valence-corrected chi connectivity index (χ0v) is 5.95. The maximum atomic E-state index is 10.1. The van der Waals surface area contributed by atoms with Gasteiger partial charge in [-0.15, -0.1) is 0 Å². The SMILES string of the molecule is O=S(=O)=C[n+]1ccccc1. The van der Waals surface area contributed by atoms with E-state index < -0.39 is 10.3 Å². The average molecular weight is 156 g/mol. The van der Waals surface area contributed by atoms with Gasteiger partial charge in [0.25, 0.3) is 15.8 Å². The number of pyridine rings is 1. The van der Waals surface area contributed by atoms with Crippen LogP contribution in [-0.2, 0) is 10.3 Å². The Morgan fingerprint density at radius 1 is 1.10 bits per heavy atom. The Kier molecular flexibility index (Phi) is 2.17. The molecular weight excluding hydrogens is 150 g/mol. The molecule has 0 spiro atoms. The minimum absolute atomic E-state index is 1.08. The Hall–Kier alpha value is -1.16. The molecule has 3 nitrogen and oxygen atoms in total. The van der Waals surface area contributed by atoms with Crippen LogP contribution in [0.25, 0.3) is 0 Å². The van der Waals surface area contributed by atoms with Crippen LogP contribution in [0.15, 0.2) is 30.6 Å². The molecule has 0 amide bonds. The quantitative estimate of drug-likeness (QED) is 0.404. The van der Waals surface area contributed by atoms with E-state index in [9.17, 15) is 8.42 Å². The first-order chi connectivity index (χ1) is 4.79. The largest absolute Gasteiger partial charge is 0.294 e. The standard InChI is InChI=1S/C6H6NO2S/c8-10(9)6-7-4-2-1-3-5-7/h1-6H/q+1. The van der Waals surface area contributed by atoms with Crippen LogP contribution in [0.5, 0.6) is 0 Å². The monoisotopic (exact) mass is 156 g/mol. The number of rotatable bonds is 1. The van der Waals surface area contributed by atoms with Crippen LogP contribution in [0.4, 0.5) is 0 Å². The van der Waals surface area contributed by atoms with Gasteiger partial charge >= 0.3 is 0 Å². The first kappa shape index (κ1) is 6.95. The van der Waals surface area contributed by atoms with Gasteiger partial charge < -0.3 is 0 Å². The molecule has 0 unspecified atom stereocenters. The van der Waals surface area contributed by atoms with Crippen LogP contribution in [-0.4, -0.2) is 13.9 Å². The van der Waals surface area contributed by atoms with Gasteiger partial charge in [0, 0.05) is 12.1 Å². The second-order valence-electron chi connectivity index (χ2n) is 1.69. The minimum atomic E-state index is -2.13. The normalized spacial score (nSPS) is 8.80. The third kappa shape index (κ3) is 1.99. The van der Waals surface area contributed by atoms with E-state index in [1.807, 2.05) is 6.07 Å². The highest BCUT2D eigenvalue weighted by molar-refractivity contribution is 7.70. The van der Waals surface area contributed by atoms with Crippen molar-refractivity contribution in [3.05, 3.63) is 30.6 Å². The van der Waals surface area contributed by atoms with E-state index >= 15 is 0 Å². The highest BCUT2D eigenvalue weighted by Crippen LogP contribution is 1.72. The zero-order valence-electron chi connectivity index (χ0n) is 5.14. The molecule has 0 aromatic carbocycles. The fourth-order valence-corrected chi connectivity index (χ4v) is 0.921. The maximum absolute atomic E-state index is 10.1. The molecule has 0 radical (unpaired) electrons. The highest BCUT2D eigenvalue weighted by Gasteiger charge is 1.89. The first-order valence-corrected chi connectivity index (χ1v) is 3.82. The molecule has 1 rings (SSSR count). The molecule has 10 heavy (non-hydrogen) atoms. The highest BCUT2D eigenvalue weighted by atomic mass is 32.2. The Balaban J connectivity index is 3.10. The number of hydrogen-bond acceptors (Lipinski definition) is 2. The van der Waals surface area contributed by atoms with Crippen molar-refractivity contribution in [1.29, 1.82) is 0 Å². The fourth-order valence-electron chi connectivity index (χ4n) is 0.582. The molecular formula is C6H6NO2S+. The molecule has 0 N–H and O–H groups in total. The van der Waals surface area contributed by atoms with Crippen LogP contribution in [0, 0.1) is 0 Å². The predicted molar refractivity (Wildman–Crippen MR) is 37.0 cm³/mol. The smallest absolute Gasteiger partial charge is 0.178 e. The van der Waals surface area contributed by atoms with Crippen LogP contribution < -0.4 is 4.57 Å². The van der Waals surface area contributed by atoms with Crippen molar-refractivity contribution in [2.75, 3.05) is 0 Å². The molecule has 0 fully saturated rings. The van der Waals surface area contributed by atoms with Crippen LogP contribution in [0.3, 0.4) is 0 Å². The minimum Gasteiger partial charge on any atom is -0.178 e. The zero-order chi connectivity index (χ0) is 7.40. The number of nitrogens with zero attached hydrogens (tertiary/aromatic N) is 1. The van der Waals surface area contributed by atoms with E-state index in [4.69, 9.17) is 0 Å². The Labute approximate surface area is 60.1 Å². The molecule has 1 aromatic heterocycles. The van der Waals surface area contributed by atoms with Gasteiger partial charge in [0.2, 0.25) is 0 Å². The van der Waals surface area contributed by atoms with Crippen molar-refractivity contribution in [2.24, 2.45) is 0 Å². The van der Waals surface area contributed by atoms with Gasteiger partial charge in [-0.05, 0) is 0 Å². The summed E-state index contributed by atoms with van der Waals surface area (Å²) in [6, 6.07) is 5.32. The molecule has 0 bridgehead atoms. The fraction of sp³-hybridized carbons (Fsp3) is 0. The van der Waals surface area contributed by atoms with Gasteiger partial charge in [-0.25, -0.2) is 0 Å². The van der Waals surface area contributed by atoms with Gasteiger partial charge in [-0.2, -0.15) is 13.0 Å². The lowest BCUT2D eigenvalue weighted by Crippen LogP contribution is -2.31. The predicted octanol–water partition coefficient (Wildman–Crippen LogP) is -0.539. The van der Waals surface area contributed by atoms with Crippen molar-refractivity contribution < 1.29 is 13.0 Å². The van der Waals surface area contributed by atoms with E-state index in [1.54, 1.807) is 24.5 Å². The average Bonchev–Trinajstić information content (AvgIpc) is 1.88. The summed E-state index contributed by atoms with van der Waals surface area (Å²) in [4.78, 5) is 0. The van der Waals surface area contributed by atoms with Gasteiger partial charge in [0.1, 0.15) is 0 Å². The van der Waals surface area contributed by atoms with E-state index in [1.165, 1.54) is 4.57 Å². The summed E-state index contributed by atoms with van der Waals surface area (Å²) in [5.74, 6) is 0. The van der Waals surface area contributed by atoms with Gasteiger partial charge in [-0.3, -0.25) is 0 Å². The van der Waals surface area contributed by atoms with Crippen molar-refractivity contribution in [3.63, 3.8) is 0 Å². The van der Waals surface area contributed by atoms with Crippen LogP contribution in [0.1, 0.15) is 0 Å². The van der Waals surface area contributed by atoms with E-state index in [2.05, 4.69) is 0 Å². The van der Waals surface area contributed by atoms with Gasteiger partial charge in [0.15, 0.2) is 12.4 Å². The van der Waals surface area contributed by atoms with Crippen LogP contribution >= 0.6 is 0 Å². The molecule has 0 saturated heterocycles. The molecule has 1 aromatic rings. The molecule has 4 heteroatoms. The number of hydrogen-bond donors (Lipinski definition) is 0. The maximum Gasteiger partial charge on any atom is 0.294 e. The summed E-state index contributed by atoms with van der Waals surface area (Å²) < 4.78 is 21.6. The second kappa shape index (κ2) is 3.12. The summed E-state index contributed by atoms with van der Waals surface area (Å²) in [6.07, 6.45) is 3.30. The Bertz CT molecular complexity index is 320. The second-order valence-corrected chi connectivity index (χ2v) is 2.42. The van der Waals surface area contributed by atoms with Gasteiger partial charge in [-0.1, -0.05) is 6.07 Å². The van der Waals surface area contributed by atoms with E-state index in [0.29, 0.717) is 0 Å². The van der Waals surface area contributed by atoms with Crippen molar-refractivity contribution in [1.82, 2.24) is 0 Å². The number of aromatic nitrogens is 1. The third-order valence-corrected chi connectivity index (χ3v) is 1.36. The lowest BCUT2D eigenvalue weighted by Gasteiger charge is -1.78. The van der Waals surface area contributed by atoms with E-state index in [-0.39, 0.29) is 0 Å². The topological polar surface area (TPSA) is 38.0 Å². The molecule has 0 aliphatic rings. The lowest BCUT2D eigenvalue weighted by atomic mass is 10.5. The lowest BCUT2D eigenvalue weighted by molar-refractivity contribution is -0.542. The molecule has 1 heterocycles. The summed E-state index contributed by atoms with van der Waals surface area (Å²) in [7, 11) is -2.13. The van der Waals surface area contributed by atoms with Gasteiger partial charge in [0.05, 0.1) is 0 Å². The summed E-state index contributed by atoms with van der Waals surface area (Å²) >= 11 is 0. The molecule has 0 aliphatic carbocycles. The molecule has 0 atom stereocenters. The van der Waals surface area contributed by atoms with E-state index in [0.717, 1.165) is 5.49 Å². The van der Waals surface area contributed by atoms with Crippen molar-refractivity contribution in [2.45, 2.75) is 0 Å².